The quantitative estimate of drug-likeness (QED) is 0.196. The van der Waals surface area contributed by atoms with E-state index in [0.717, 1.165) is 27.6 Å². The van der Waals surface area contributed by atoms with E-state index in [0.29, 0.717) is 31.6 Å². The number of hydrogen-bond acceptors (Lipinski definition) is 4. The van der Waals surface area contributed by atoms with E-state index >= 15 is 0 Å². The number of anilines is 1. The van der Waals surface area contributed by atoms with Gasteiger partial charge in [0.1, 0.15) is 12.4 Å². The molecule has 1 aliphatic rings. The van der Waals surface area contributed by atoms with E-state index in [1.807, 2.05) is 78.9 Å². The van der Waals surface area contributed by atoms with Gasteiger partial charge in [-0.2, -0.15) is 0 Å². The molecule has 0 saturated carbocycles. The number of amides is 1. The zero-order valence-electron chi connectivity index (χ0n) is 17.7. The Bertz CT molecular complexity index is 1450. The van der Waals surface area contributed by atoms with Crippen LogP contribution >= 0.6 is 47.2 Å². The molecule has 0 spiro atoms. The van der Waals surface area contributed by atoms with E-state index in [4.69, 9.17) is 40.2 Å². The molecule has 5 rings (SSSR count). The van der Waals surface area contributed by atoms with Crippen LogP contribution < -0.4 is 9.64 Å². The molecule has 1 saturated heterocycles. The summed E-state index contributed by atoms with van der Waals surface area (Å²) in [4.78, 5) is 15.4. The lowest BCUT2D eigenvalue weighted by molar-refractivity contribution is -0.113. The van der Waals surface area contributed by atoms with Crippen LogP contribution in [0.25, 0.3) is 16.8 Å². The first-order valence-corrected chi connectivity index (χ1v) is 12.4. The molecular weight excluding hydrogens is 505 g/mol. The highest BCUT2D eigenvalue weighted by molar-refractivity contribution is 8.27. The number of benzene rings is 4. The molecule has 168 valence electrons. The van der Waals surface area contributed by atoms with Crippen LogP contribution in [0.15, 0.2) is 89.8 Å². The van der Waals surface area contributed by atoms with Crippen molar-refractivity contribution in [3.05, 3.63) is 111 Å². The number of ether oxygens (including phenoxy) is 1. The number of thiocarbonyl (C=S) groups is 1. The standard InChI is InChI=1S/C27H17Cl2NO2S2/c28-20-11-10-19(23(29)15-20)16-32-21-12-8-17(9-13-21)14-25-26(31)30(27(33)34-25)24-7-3-5-18-4-1-2-6-22(18)24/h1-15H,16H2/b25-14-. The van der Waals surface area contributed by atoms with Crippen molar-refractivity contribution in [3.63, 3.8) is 0 Å². The van der Waals surface area contributed by atoms with E-state index in [1.165, 1.54) is 11.8 Å². The minimum Gasteiger partial charge on any atom is -0.489 e. The molecule has 0 aromatic heterocycles. The lowest BCUT2D eigenvalue weighted by Crippen LogP contribution is -2.27. The third-order valence-electron chi connectivity index (χ3n) is 5.39. The van der Waals surface area contributed by atoms with E-state index in [9.17, 15) is 4.79 Å². The van der Waals surface area contributed by atoms with Crippen molar-refractivity contribution in [2.24, 2.45) is 0 Å². The maximum Gasteiger partial charge on any atom is 0.270 e. The second-order valence-corrected chi connectivity index (χ2v) is 10.1. The minimum absolute atomic E-state index is 0.121. The van der Waals surface area contributed by atoms with Crippen LogP contribution in [0.2, 0.25) is 10.0 Å². The molecule has 34 heavy (non-hydrogen) atoms. The van der Waals surface area contributed by atoms with Crippen LogP contribution in [0.1, 0.15) is 11.1 Å². The lowest BCUT2D eigenvalue weighted by Gasteiger charge is -2.17. The fourth-order valence-corrected chi connectivity index (χ4v) is 5.44. The molecule has 3 nitrogen and oxygen atoms in total. The van der Waals surface area contributed by atoms with Crippen LogP contribution in [0.4, 0.5) is 5.69 Å². The van der Waals surface area contributed by atoms with Crippen molar-refractivity contribution in [1.82, 2.24) is 0 Å². The highest BCUT2D eigenvalue weighted by Crippen LogP contribution is 2.39. The number of thioether (sulfide) groups is 1. The molecule has 1 amide bonds. The van der Waals surface area contributed by atoms with Crippen LogP contribution in [0.5, 0.6) is 5.75 Å². The summed E-state index contributed by atoms with van der Waals surface area (Å²) < 4.78 is 6.36. The third-order valence-corrected chi connectivity index (χ3v) is 7.28. The number of fused-ring (bicyclic) bond motifs is 1. The molecule has 4 aromatic carbocycles. The van der Waals surface area contributed by atoms with Gasteiger partial charge >= 0.3 is 0 Å². The summed E-state index contributed by atoms with van der Waals surface area (Å²) in [6.07, 6.45) is 1.85. The molecule has 0 unspecified atom stereocenters. The monoisotopic (exact) mass is 521 g/mol. The van der Waals surface area contributed by atoms with E-state index in [2.05, 4.69) is 0 Å². The number of carbonyl (C=O) groups excluding carboxylic acids is 1. The molecule has 0 atom stereocenters. The topological polar surface area (TPSA) is 29.5 Å². The molecule has 0 N–H and O–H groups in total. The fourth-order valence-electron chi connectivity index (χ4n) is 3.69. The first-order valence-electron chi connectivity index (χ1n) is 10.4. The maximum atomic E-state index is 13.2. The van der Waals surface area contributed by atoms with Crippen molar-refractivity contribution in [3.8, 4) is 5.75 Å². The molecule has 0 bridgehead atoms. The average Bonchev–Trinajstić information content (AvgIpc) is 3.11. The van der Waals surface area contributed by atoms with Gasteiger partial charge in [-0.05, 0) is 47.4 Å². The number of nitrogens with zero attached hydrogens (tertiary/aromatic N) is 1. The maximum absolute atomic E-state index is 13.2. The summed E-state index contributed by atoms with van der Waals surface area (Å²) in [7, 11) is 0. The second-order valence-electron chi connectivity index (χ2n) is 7.61. The van der Waals surface area contributed by atoms with E-state index < -0.39 is 0 Å². The Morgan fingerprint density at radius 1 is 0.941 bits per heavy atom. The van der Waals surface area contributed by atoms with Gasteiger partial charge in [-0.3, -0.25) is 9.69 Å². The lowest BCUT2D eigenvalue weighted by atomic mass is 10.1. The smallest absolute Gasteiger partial charge is 0.270 e. The third kappa shape index (κ3) is 4.70. The SMILES string of the molecule is O=C1/C(=C/c2ccc(OCc3ccc(Cl)cc3Cl)cc2)SC(=S)N1c1cccc2ccccc12. The molecule has 1 heterocycles. The van der Waals surface area contributed by atoms with Crippen molar-refractivity contribution in [2.45, 2.75) is 6.61 Å². The molecule has 1 fully saturated rings. The molecular formula is C27H17Cl2NO2S2. The van der Waals surface area contributed by atoms with Gasteiger partial charge < -0.3 is 4.74 Å². The van der Waals surface area contributed by atoms with Crippen LogP contribution in [-0.2, 0) is 11.4 Å². The Morgan fingerprint density at radius 3 is 2.50 bits per heavy atom. The average molecular weight is 522 g/mol. The number of carbonyl (C=O) groups is 1. The van der Waals surface area contributed by atoms with Gasteiger partial charge in [-0.1, -0.05) is 102 Å². The van der Waals surface area contributed by atoms with Gasteiger partial charge in [0.2, 0.25) is 0 Å². The van der Waals surface area contributed by atoms with E-state index in [1.54, 1.807) is 17.0 Å². The van der Waals surface area contributed by atoms with Gasteiger partial charge in [0, 0.05) is 21.0 Å². The summed E-state index contributed by atoms with van der Waals surface area (Å²) in [6, 6.07) is 26.7. The van der Waals surface area contributed by atoms with Gasteiger partial charge in [-0.25, -0.2) is 0 Å². The molecule has 7 heteroatoms. The van der Waals surface area contributed by atoms with Gasteiger partial charge in [0.05, 0.1) is 10.6 Å². The Morgan fingerprint density at radius 2 is 1.71 bits per heavy atom. The zero-order valence-corrected chi connectivity index (χ0v) is 20.8. The van der Waals surface area contributed by atoms with Crippen molar-refractivity contribution < 1.29 is 9.53 Å². The minimum atomic E-state index is -0.121. The summed E-state index contributed by atoms with van der Waals surface area (Å²) in [5.41, 5.74) is 2.54. The van der Waals surface area contributed by atoms with E-state index in [-0.39, 0.29) is 5.91 Å². The first kappa shape index (κ1) is 22.9. The molecule has 0 aliphatic carbocycles. The number of halogens is 2. The predicted octanol–water partition coefficient (Wildman–Crippen LogP) is 8.13. The number of hydrogen-bond donors (Lipinski definition) is 0. The molecule has 1 aliphatic heterocycles. The Labute approximate surface area is 216 Å². The highest BCUT2D eigenvalue weighted by Gasteiger charge is 2.34. The van der Waals surface area contributed by atoms with Gasteiger partial charge in [0.25, 0.3) is 5.91 Å². The van der Waals surface area contributed by atoms with Crippen LogP contribution in [-0.4, -0.2) is 10.2 Å². The highest BCUT2D eigenvalue weighted by atomic mass is 35.5. The second kappa shape index (κ2) is 9.80. The summed E-state index contributed by atoms with van der Waals surface area (Å²) in [5.74, 6) is 0.579. The number of rotatable bonds is 5. The summed E-state index contributed by atoms with van der Waals surface area (Å²) in [5, 5.41) is 3.21. The Kier molecular flexibility index (Phi) is 6.61. The van der Waals surface area contributed by atoms with Gasteiger partial charge in [-0.15, -0.1) is 0 Å². The molecule has 0 radical (unpaired) electrons. The fraction of sp³-hybridized carbons (Fsp3) is 0.0370. The first-order chi connectivity index (χ1) is 16.5. The predicted molar refractivity (Wildman–Crippen MR) is 147 cm³/mol. The van der Waals surface area contributed by atoms with Gasteiger partial charge in [0.15, 0.2) is 4.32 Å². The summed E-state index contributed by atoms with van der Waals surface area (Å²) in [6.45, 7) is 0.332. The van der Waals surface area contributed by atoms with Crippen LogP contribution in [0, 0.1) is 0 Å². The van der Waals surface area contributed by atoms with Crippen molar-refractivity contribution >= 4 is 79.9 Å². The normalized spacial score (nSPS) is 14.9. The summed E-state index contributed by atoms with van der Waals surface area (Å²) >= 11 is 19.0. The Balaban J connectivity index is 1.33. The zero-order chi connectivity index (χ0) is 23.7. The Hall–Kier alpha value is -2.83. The van der Waals surface area contributed by atoms with Crippen LogP contribution in [0.3, 0.4) is 0 Å². The molecule has 4 aromatic rings. The largest absolute Gasteiger partial charge is 0.489 e. The van der Waals surface area contributed by atoms with Crippen molar-refractivity contribution in [2.75, 3.05) is 4.90 Å². The van der Waals surface area contributed by atoms with Crippen molar-refractivity contribution in [1.29, 1.82) is 0 Å².